The molecule has 0 bridgehead atoms. The van der Waals surface area contributed by atoms with Gasteiger partial charge in [0.05, 0.1) is 5.60 Å². The van der Waals surface area contributed by atoms with Gasteiger partial charge in [-0.2, -0.15) is 5.26 Å². The number of rotatable bonds is 3. The van der Waals surface area contributed by atoms with Gasteiger partial charge in [-0.15, -0.1) is 0 Å². The van der Waals surface area contributed by atoms with E-state index in [9.17, 15) is 5.26 Å². The molecule has 1 aromatic carbocycles. The fourth-order valence-corrected chi connectivity index (χ4v) is 2.58. The van der Waals surface area contributed by atoms with Crippen molar-refractivity contribution >= 4 is 0 Å². The first-order chi connectivity index (χ1) is 8.06. The van der Waals surface area contributed by atoms with Crippen LogP contribution in [0.25, 0.3) is 0 Å². The van der Waals surface area contributed by atoms with Gasteiger partial charge in [0.2, 0.25) is 0 Å². The summed E-state index contributed by atoms with van der Waals surface area (Å²) in [4.78, 5) is 0. The molecule has 0 aliphatic carbocycles. The predicted octanol–water partition coefficient (Wildman–Crippen LogP) is 2.41. The number of hydrogen-bond acceptors (Lipinski definition) is 3. The fraction of sp³-hybridized carbons (Fsp3) is 0.500. The molecular weight excluding hydrogens is 212 g/mol. The van der Waals surface area contributed by atoms with Crippen LogP contribution in [-0.4, -0.2) is 6.54 Å². The largest absolute Gasteiger partial charge is 0.345 e. The van der Waals surface area contributed by atoms with Crippen LogP contribution >= 0.6 is 0 Å². The van der Waals surface area contributed by atoms with Crippen LogP contribution in [0.5, 0.6) is 0 Å². The minimum absolute atomic E-state index is 0.402. The zero-order chi connectivity index (χ0) is 12.5. The van der Waals surface area contributed by atoms with Gasteiger partial charge in [0.1, 0.15) is 6.07 Å². The number of ether oxygens (including phenoxy) is 1. The molecule has 90 valence electrons. The molecule has 17 heavy (non-hydrogen) atoms. The third kappa shape index (κ3) is 1.84. The average Bonchev–Trinajstić information content (AvgIpc) is 2.57. The van der Waals surface area contributed by atoms with E-state index in [1.807, 2.05) is 38.1 Å². The predicted molar refractivity (Wildman–Crippen MR) is 66.1 cm³/mol. The van der Waals surface area contributed by atoms with E-state index >= 15 is 0 Å². The van der Waals surface area contributed by atoms with E-state index in [-0.39, 0.29) is 0 Å². The minimum atomic E-state index is -0.820. The Hall–Kier alpha value is -1.37. The second-order valence-corrected chi connectivity index (χ2v) is 4.99. The molecule has 1 aromatic rings. The van der Waals surface area contributed by atoms with Crippen molar-refractivity contribution in [3.63, 3.8) is 0 Å². The highest BCUT2D eigenvalue weighted by atomic mass is 16.5. The minimum Gasteiger partial charge on any atom is -0.345 e. The van der Waals surface area contributed by atoms with Crippen molar-refractivity contribution in [2.24, 2.45) is 5.73 Å². The van der Waals surface area contributed by atoms with Gasteiger partial charge in [0, 0.05) is 5.56 Å². The molecule has 0 radical (unpaired) electrons. The zero-order valence-corrected chi connectivity index (χ0v) is 10.4. The van der Waals surface area contributed by atoms with Crippen LogP contribution in [0.4, 0.5) is 0 Å². The molecule has 1 unspecified atom stereocenters. The smallest absolute Gasteiger partial charge is 0.181 e. The summed E-state index contributed by atoms with van der Waals surface area (Å²) in [5, 5.41) is 9.51. The van der Waals surface area contributed by atoms with Crippen molar-refractivity contribution in [3.8, 4) is 6.07 Å². The maximum Gasteiger partial charge on any atom is 0.181 e. The molecule has 0 spiro atoms. The third-order valence-corrected chi connectivity index (χ3v) is 3.35. The molecule has 3 nitrogen and oxygen atoms in total. The first-order valence-corrected chi connectivity index (χ1v) is 5.97. The van der Waals surface area contributed by atoms with E-state index in [0.29, 0.717) is 13.0 Å². The summed E-state index contributed by atoms with van der Waals surface area (Å²) >= 11 is 0. The summed E-state index contributed by atoms with van der Waals surface area (Å²) in [6.07, 6.45) is 1.44. The lowest BCUT2D eigenvalue weighted by Gasteiger charge is -2.26. The van der Waals surface area contributed by atoms with Crippen LogP contribution in [0.2, 0.25) is 0 Å². The van der Waals surface area contributed by atoms with Gasteiger partial charge in [-0.05, 0) is 38.8 Å². The van der Waals surface area contributed by atoms with Crippen molar-refractivity contribution in [2.75, 3.05) is 6.54 Å². The van der Waals surface area contributed by atoms with Gasteiger partial charge < -0.3 is 10.5 Å². The maximum atomic E-state index is 9.51. The summed E-state index contributed by atoms with van der Waals surface area (Å²) in [5.74, 6) is 0. The summed E-state index contributed by atoms with van der Waals surface area (Å²) in [5.41, 5.74) is 6.43. The Kier molecular flexibility index (Phi) is 2.94. The number of benzene rings is 1. The fourth-order valence-electron chi connectivity index (χ4n) is 2.58. The number of nitrogens with two attached hydrogens (primary N) is 1. The molecule has 2 rings (SSSR count). The van der Waals surface area contributed by atoms with Crippen molar-refractivity contribution in [1.82, 2.24) is 0 Å². The first kappa shape index (κ1) is 12.1. The Bertz CT molecular complexity index is 462. The lowest BCUT2D eigenvalue weighted by molar-refractivity contribution is -0.0978. The Morgan fingerprint density at radius 2 is 1.94 bits per heavy atom. The molecule has 0 saturated heterocycles. The van der Waals surface area contributed by atoms with Crippen LogP contribution in [0, 0.1) is 11.3 Å². The molecule has 1 atom stereocenters. The number of hydrogen-bond donors (Lipinski definition) is 1. The second kappa shape index (κ2) is 4.14. The molecule has 0 aromatic heterocycles. The highest BCUT2D eigenvalue weighted by Crippen LogP contribution is 2.48. The van der Waals surface area contributed by atoms with E-state index in [0.717, 1.165) is 17.5 Å². The Labute approximate surface area is 102 Å². The Morgan fingerprint density at radius 3 is 2.53 bits per heavy atom. The van der Waals surface area contributed by atoms with Crippen LogP contribution in [0.3, 0.4) is 0 Å². The monoisotopic (exact) mass is 230 g/mol. The van der Waals surface area contributed by atoms with Gasteiger partial charge in [0.15, 0.2) is 5.60 Å². The molecule has 0 saturated carbocycles. The highest BCUT2D eigenvalue weighted by Gasteiger charge is 2.48. The van der Waals surface area contributed by atoms with Gasteiger partial charge >= 0.3 is 0 Å². The van der Waals surface area contributed by atoms with Crippen molar-refractivity contribution in [1.29, 1.82) is 5.26 Å². The van der Waals surface area contributed by atoms with E-state index < -0.39 is 11.2 Å². The summed E-state index contributed by atoms with van der Waals surface area (Å²) in [6.45, 7) is 4.59. The molecule has 0 fully saturated rings. The van der Waals surface area contributed by atoms with E-state index in [4.69, 9.17) is 10.5 Å². The van der Waals surface area contributed by atoms with Gasteiger partial charge in [-0.3, -0.25) is 0 Å². The topological polar surface area (TPSA) is 59.0 Å². The molecular formula is C14H18N2O. The first-order valence-electron chi connectivity index (χ1n) is 5.97. The van der Waals surface area contributed by atoms with Gasteiger partial charge in [-0.25, -0.2) is 0 Å². The number of fused-ring (bicyclic) bond motifs is 1. The summed E-state index contributed by atoms with van der Waals surface area (Å²) in [6, 6.07) is 10.3. The standard InChI is InChI=1S/C14H18N2O/c1-13(2)11-6-3-4-7-12(11)14(10-16,17-13)8-5-9-15/h3-4,6-7H,5,8-9,15H2,1-2H3. The molecule has 1 aliphatic heterocycles. The quantitative estimate of drug-likeness (QED) is 0.867. The highest BCUT2D eigenvalue weighted by molar-refractivity contribution is 5.44. The average molecular weight is 230 g/mol. The second-order valence-electron chi connectivity index (χ2n) is 4.99. The number of nitrogens with zero attached hydrogens (tertiary/aromatic N) is 1. The van der Waals surface area contributed by atoms with Crippen molar-refractivity contribution in [3.05, 3.63) is 35.4 Å². The molecule has 1 heterocycles. The Balaban J connectivity index is 2.49. The molecule has 0 amide bonds. The van der Waals surface area contributed by atoms with Crippen LogP contribution in [-0.2, 0) is 15.9 Å². The van der Waals surface area contributed by atoms with Crippen molar-refractivity contribution in [2.45, 2.75) is 37.9 Å². The third-order valence-electron chi connectivity index (χ3n) is 3.35. The number of nitriles is 1. The van der Waals surface area contributed by atoms with E-state index in [1.54, 1.807) is 0 Å². The van der Waals surface area contributed by atoms with E-state index in [2.05, 4.69) is 6.07 Å². The lowest BCUT2D eigenvalue weighted by Crippen LogP contribution is -2.28. The molecule has 2 N–H and O–H groups in total. The maximum absolute atomic E-state index is 9.51. The van der Waals surface area contributed by atoms with Crippen LogP contribution in [0.1, 0.15) is 37.8 Å². The Morgan fingerprint density at radius 1 is 1.29 bits per heavy atom. The van der Waals surface area contributed by atoms with Gasteiger partial charge in [-0.1, -0.05) is 24.3 Å². The van der Waals surface area contributed by atoms with Gasteiger partial charge in [0.25, 0.3) is 0 Å². The summed E-state index contributed by atoms with van der Waals surface area (Å²) in [7, 11) is 0. The normalized spacial score (nSPS) is 25.3. The van der Waals surface area contributed by atoms with Crippen molar-refractivity contribution < 1.29 is 4.74 Å². The SMILES string of the molecule is CC1(C)OC(C#N)(CCCN)c2ccccc21. The van der Waals surface area contributed by atoms with Crippen LogP contribution < -0.4 is 5.73 Å². The summed E-state index contributed by atoms with van der Waals surface area (Å²) < 4.78 is 6.04. The lowest BCUT2D eigenvalue weighted by atomic mass is 9.87. The zero-order valence-electron chi connectivity index (χ0n) is 10.4. The molecule has 3 heteroatoms. The van der Waals surface area contributed by atoms with Crippen LogP contribution in [0.15, 0.2) is 24.3 Å². The molecule has 1 aliphatic rings. The van der Waals surface area contributed by atoms with E-state index in [1.165, 1.54) is 0 Å².